The van der Waals surface area contributed by atoms with E-state index in [0.717, 1.165) is 30.0 Å². The lowest BCUT2D eigenvalue weighted by atomic mass is 10.2. The van der Waals surface area contributed by atoms with Crippen LogP contribution in [-0.4, -0.2) is 24.5 Å². The third-order valence-corrected chi connectivity index (χ3v) is 5.25. The van der Waals surface area contributed by atoms with Crippen molar-refractivity contribution in [2.75, 3.05) is 12.4 Å². The lowest BCUT2D eigenvalue weighted by Gasteiger charge is -2.11. The smallest absolute Gasteiger partial charge is 0.0669 e. The van der Waals surface area contributed by atoms with Crippen LogP contribution < -0.4 is 5.32 Å². The number of hydrogen-bond donors (Lipinski definition) is 1. The van der Waals surface area contributed by atoms with Gasteiger partial charge in [-0.15, -0.1) is 11.8 Å². The second-order valence-corrected chi connectivity index (χ2v) is 6.84. The van der Waals surface area contributed by atoms with Crippen LogP contribution in [0.5, 0.6) is 0 Å². The molecule has 0 amide bonds. The maximum absolute atomic E-state index is 6.36. The molecule has 1 aromatic rings. The molecule has 1 N–H and O–H groups in total. The lowest BCUT2D eigenvalue weighted by molar-refractivity contribution is 0.129. The van der Waals surface area contributed by atoms with Gasteiger partial charge in [-0.3, -0.25) is 0 Å². The molecule has 1 aliphatic carbocycles. The molecule has 0 radical (unpaired) electrons. The number of rotatable bonds is 6. The molecule has 1 heterocycles. The Kier molecular flexibility index (Phi) is 4.69. The Labute approximate surface area is 124 Å². The van der Waals surface area contributed by atoms with E-state index in [2.05, 4.69) is 23.5 Å². The van der Waals surface area contributed by atoms with Crippen molar-refractivity contribution in [3.63, 3.8) is 0 Å². The van der Waals surface area contributed by atoms with Crippen LogP contribution in [0.4, 0.5) is 0 Å². The van der Waals surface area contributed by atoms with E-state index in [1.807, 2.05) is 11.8 Å². The molecule has 104 valence electrons. The lowest BCUT2D eigenvalue weighted by Crippen LogP contribution is -2.15. The van der Waals surface area contributed by atoms with E-state index < -0.39 is 0 Å². The fourth-order valence-corrected chi connectivity index (χ4v) is 3.64. The summed E-state index contributed by atoms with van der Waals surface area (Å²) in [5.74, 6) is 1.01. The number of hydrogen-bond acceptors (Lipinski definition) is 3. The summed E-state index contributed by atoms with van der Waals surface area (Å²) >= 11 is 8.17. The Morgan fingerprint density at radius 2 is 2.21 bits per heavy atom. The summed E-state index contributed by atoms with van der Waals surface area (Å²) in [5.41, 5.74) is 1.28. The average molecular weight is 298 g/mol. The third-order valence-electron chi connectivity index (χ3n) is 3.62. The van der Waals surface area contributed by atoms with E-state index in [0.29, 0.717) is 6.10 Å². The number of halogens is 1. The van der Waals surface area contributed by atoms with Gasteiger partial charge in [0, 0.05) is 29.8 Å². The minimum absolute atomic E-state index is 0.414. The molecule has 1 saturated heterocycles. The van der Waals surface area contributed by atoms with Crippen molar-refractivity contribution in [1.29, 1.82) is 0 Å². The Morgan fingerprint density at radius 1 is 1.32 bits per heavy atom. The minimum atomic E-state index is 0.414. The summed E-state index contributed by atoms with van der Waals surface area (Å²) in [6.45, 7) is 1.85. The SMILES string of the molecule is Clc1cc(CNC2CC2)ccc1SCC1CCCO1. The highest BCUT2D eigenvalue weighted by molar-refractivity contribution is 7.99. The Balaban J connectivity index is 1.52. The molecule has 0 bridgehead atoms. The van der Waals surface area contributed by atoms with Crippen molar-refractivity contribution in [3.05, 3.63) is 28.8 Å². The first kappa shape index (κ1) is 13.7. The first-order chi connectivity index (χ1) is 9.31. The largest absolute Gasteiger partial charge is 0.377 e. The summed E-state index contributed by atoms with van der Waals surface area (Å²) in [7, 11) is 0. The normalized spacial score (nSPS) is 22.9. The molecular weight excluding hydrogens is 278 g/mol. The van der Waals surface area contributed by atoms with Crippen LogP contribution in [0.2, 0.25) is 5.02 Å². The van der Waals surface area contributed by atoms with Gasteiger partial charge in [-0.2, -0.15) is 0 Å². The maximum Gasteiger partial charge on any atom is 0.0669 e. The van der Waals surface area contributed by atoms with Gasteiger partial charge in [0.25, 0.3) is 0 Å². The van der Waals surface area contributed by atoms with Gasteiger partial charge >= 0.3 is 0 Å². The van der Waals surface area contributed by atoms with Crippen LogP contribution in [0.3, 0.4) is 0 Å². The van der Waals surface area contributed by atoms with Crippen molar-refractivity contribution in [3.8, 4) is 0 Å². The summed E-state index contributed by atoms with van der Waals surface area (Å²) in [4.78, 5) is 1.17. The van der Waals surface area contributed by atoms with Gasteiger partial charge in [-0.05, 0) is 43.4 Å². The minimum Gasteiger partial charge on any atom is -0.377 e. The van der Waals surface area contributed by atoms with Crippen LogP contribution in [0.15, 0.2) is 23.1 Å². The van der Waals surface area contributed by atoms with Gasteiger partial charge in [0.05, 0.1) is 11.1 Å². The quantitative estimate of drug-likeness (QED) is 0.806. The van der Waals surface area contributed by atoms with E-state index in [9.17, 15) is 0 Å². The van der Waals surface area contributed by atoms with E-state index >= 15 is 0 Å². The predicted octanol–water partition coefficient (Wildman–Crippen LogP) is 3.86. The molecule has 0 aromatic heterocycles. The molecular formula is C15H20ClNOS. The molecule has 1 aromatic carbocycles. The monoisotopic (exact) mass is 297 g/mol. The highest BCUT2D eigenvalue weighted by Crippen LogP contribution is 2.30. The fourth-order valence-electron chi connectivity index (χ4n) is 2.28. The van der Waals surface area contributed by atoms with Crippen LogP contribution in [-0.2, 0) is 11.3 Å². The van der Waals surface area contributed by atoms with Gasteiger partial charge in [0.2, 0.25) is 0 Å². The topological polar surface area (TPSA) is 21.3 Å². The highest BCUT2D eigenvalue weighted by Gasteiger charge is 2.20. The van der Waals surface area contributed by atoms with E-state index in [-0.39, 0.29) is 0 Å². The summed E-state index contributed by atoms with van der Waals surface area (Å²) in [5, 5.41) is 4.38. The molecule has 1 atom stereocenters. The summed E-state index contributed by atoms with van der Waals surface area (Å²) < 4.78 is 5.64. The van der Waals surface area contributed by atoms with Crippen molar-refractivity contribution in [2.24, 2.45) is 0 Å². The Morgan fingerprint density at radius 3 is 2.89 bits per heavy atom. The third kappa shape index (κ3) is 4.12. The summed E-state index contributed by atoms with van der Waals surface area (Å²) in [6, 6.07) is 7.16. The zero-order chi connectivity index (χ0) is 13.1. The molecule has 1 aliphatic heterocycles. The second-order valence-electron chi connectivity index (χ2n) is 5.37. The average Bonchev–Trinajstić information content (AvgIpc) is 3.10. The van der Waals surface area contributed by atoms with E-state index in [4.69, 9.17) is 16.3 Å². The van der Waals surface area contributed by atoms with Crippen LogP contribution >= 0.6 is 23.4 Å². The number of benzene rings is 1. The number of ether oxygens (including phenoxy) is 1. The molecule has 4 heteroatoms. The molecule has 1 saturated carbocycles. The Hall–Kier alpha value is -0.220. The standard InChI is InChI=1S/C15H20ClNOS/c16-14-8-11(9-17-12-4-5-12)3-6-15(14)19-10-13-2-1-7-18-13/h3,6,8,12-13,17H,1-2,4-5,7,9-10H2. The first-order valence-electron chi connectivity index (χ1n) is 7.07. The fraction of sp³-hybridized carbons (Fsp3) is 0.600. The first-order valence-corrected chi connectivity index (χ1v) is 8.44. The van der Waals surface area contributed by atoms with Gasteiger partial charge in [-0.1, -0.05) is 17.7 Å². The predicted molar refractivity (Wildman–Crippen MR) is 81.0 cm³/mol. The highest BCUT2D eigenvalue weighted by atomic mass is 35.5. The zero-order valence-corrected chi connectivity index (χ0v) is 12.6. The van der Waals surface area contributed by atoms with Crippen molar-refractivity contribution >= 4 is 23.4 Å². The number of nitrogens with one attached hydrogen (secondary N) is 1. The molecule has 2 fully saturated rings. The maximum atomic E-state index is 6.36. The molecule has 2 nitrogen and oxygen atoms in total. The second kappa shape index (κ2) is 6.49. The van der Waals surface area contributed by atoms with Crippen LogP contribution in [0.25, 0.3) is 0 Å². The van der Waals surface area contributed by atoms with Gasteiger partial charge < -0.3 is 10.1 Å². The van der Waals surface area contributed by atoms with Crippen molar-refractivity contribution in [1.82, 2.24) is 5.32 Å². The van der Waals surface area contributed by atoms with Crippen LogP contribution in [0.1, 0.15) is 31.2 Å². The summed E-state index contributed by atoms with van der Waals surface area (Å²) in [6.07, 6.45) is 5.45. The van der Waals surface area contributed by atoms with Crippen molar-refractivity contribution in [2.45, 2.75) is 49.3 Å². The van der Waals surface area contributed by atoms with Gasteiger partial charge in [-0.25, -0.2) is 0 Å². The van der Waals surface area contributed by atoms with E-state index in [1.54, 1.807) is 0 Å². The molecule has 1 unspecified atom stereocenters. The van der Waals surface area contributed by atoms with Gasteiger partial charge in [0.1, 0.15) is 0 Å². The molecule has 2 aliphatic rings. The van der Waals surface area contributed by atoms with E-state index in [1.165, 1.54) is 36.1 Å². The zero-order valence-electron chi connectivity index (χ0n) is 11.0. The Bertz CT molecular complexity index is 430. The van der Waals surface area contributed by atoms with Gasteiger partial charge in [0.15, 0.2) is 0 Å². The molecule has 3 rings (SSSR count). The number of thioether (sulfide) groups is 1. The van der Waals surface area contributed by atoms with Crippen LogP contribution in [0, 0.1) is 0 Å². The molecule has 19 heavy (non-hydrogen) atoms. The molecule has 0 spiro atoms. The van der Waals surface area contributed by atoms with Crippen molar-refractivity contribution < 1.29 is 4.74 Å².